The van der Waals surface area contributed by atoms with Gasteiger partial charge in [0.1, 0.15) is 11.4 Å². The van der Waals surface area contributed by atoms with Gasteiger partial charge in [0.05, 0.1) is 7.11 Å². The third kappa shape index (κ3) is 2.17. The molecule has 0 radical (unpaired) electrons. The number of ether oxygens (including phenoxy) is 1. The highest BCUT2D eigenvalue weighted by Gasteiger charge is 2.13. The molecule has 0 aliphatic carbocycles. The van der Waals surface area contributed by atoms with Crippen LogP contribution in [0.3, 0.4) is 0 Å². The van der Waals surface area contributed by atoms with Crippen molar-refractivity contribution in [1.82, 2.24) is 9.78 Å². The molecule has 4 nitrogen and oxygen atoms in total. The van der Waals surface area contributed by atoms with E-state index in [1.807, 2.05) is 35.0 Å². The van der Waals surface area contributed by atoms with Crippen molar-refractivity contribution in [1.29, 1.82) is 0 Å². The maximum atomic E-state index is 5.71. The molecular weight excluding hydrogens is 214 g/mol. The van der Waals surface area contributed by atoms with E-state index >= 15 is 0 Å². The maximum Gasteiger partial charge on any atom is 0.144 e. The molecule has 0 saturated carbocycles. The van der Waals surface area contributed by atoms with Crippen LogP contribution in [-0.2, 0) is 0 Å². The van der Waals surface area contributed by atoms with Crippen LogP contribution in [0.5, 0.6) is 5.75 Å². The van der Waals surface area contributed by atoms with Crippen LogP contribution < -0.4 is 10.5 Å². The molecule has 2 aromatic rings. The van der Waals surface area contributed by atoms with E-state index in [1.165, 1.54) is 0 Å². The normalized spacial score (nSPS) is 12.4. The van der Waals surface area contributed by atoms with Gasteiger partial charge in [0, 0.05) is 24.4 Å². The summed E-state index contributed by atoms with van der Waals surface area (Å²) in [5, 5.41) is 4.35. The Bertz CT molecular complexity index is 493. The van der Waals surface area contributed by atoms with Crippen LogP contribution in [-0.4, -0.2) is 23.4 Å². The Balaban J connectivity index is 2.49. The Labute approximate surface area is 101 Å². The van der Waals surface area contributed by atoms with Crippen molar-refractivity contribution >= 4 is 0 Å². The van der Waals surface area contributed by atoms with Gasteiger partial charge in [-0.05, 0) is 18.2 Å². The summed E-state index contributed by atoms with van der Waals surface area (Å²) in [5.41, 5.74) is 7.74. The van der Waals surface area contributed by atoms with E-state index < -0.39 is 0 Å². The van der Waals surface area contributed by atoms with E-state index in [0.29, 0.717) is 6.54 Å². The molecular formula is C13H17N3O. The Kier molecular flexibility index (Phi) is 3.44. The average molecular weight is 231 g/mol. The molecule has 17 heavy (non-hydrogen) atoms. The van der Waals surface area contributed by atoms with Gasteiger partial charge in [-0.1, -0.05) is 19.1 Å². The summed E-state index contributed by atoms with van der Waals surface area (Å²) in [6.45, 7) is 2.68. The molecule has 0 aliphatic rings. The van der Waals surface area contributed by atoms with Crippen LogP contribution >= 0.6 is 0 Å². The molecule has 1 heterocycles. The Hall–Kier alpha value is -1.81. The highest BCUT2D eigenvalue weighted by Crippen LogP contribution is 2.25. The fraction of sp³-hybridized carbons (Fsp3) is 0.308. The van der Waals surface area contributed by atoms with Gasteiger partial charge < -0.3 is 10.5 Å². The molecule has 0 aliphatic heterocycles. The van der Waals surface area contributed by atoms with Crippen LogP contribution in [0.2, 0.25) is 0 Å². The predicted octanol–water partition coefficient (Wildman–Crippen LogP) is 1.94. The summed E-state index contributed by atoms with van der Waals surface area (Å²) in [5.74, 6) is 1.07. The van der Waals surface area contributed by atoms with Crippen molar-refractivity contribution in [3.63, 3.8) is 0 Å². The number of benzene rings is 1. The molecule has 2 N–H and O–H groups in total. The molecule has 0 saturated heterocycles. The second-order valence-corrected chi connectivity index (χ2v) is 3.98. The van der Waals surface area contributed by atoms with E-state index in [1.54, 1.807) is 13.3 Å². The number of nitrogens with two attached hydrogens (primary N) is 1. The lowest BCUT2D eigenvalue weighted by Gasteiger charge is -2.14. The molecule has 1 aromatic carbocycles. The van der Waals surface area contributed by atoms with Gasteiger partial charge in [-0.15, -0.1) is 0 Å². The number of nitrogens with zero attached hydrogens (tertiary/aromatic N) is 2. The third-order valence-corrected chi connectivity index (χ3v) is 2.84. The van der Waals surface area contributed by atoms with Gasteiger partial charge >= 0.3 is 0 Å². The summed E-state index contributed by atoms with van der Waals surface area (Å²) in [6.07, 6.45) is 1.79. The van der Waals surface area contributed by atoms with Crippen LogP contribution in [0, 0.1) is 0 Å². The molecule has 4 heteroatoms. The second-order valence-electron chi connectivity index (χ2n) is 3.98. The molecule has 0 amide bonds. The monoisotopic (exact) mass is 231 g/mol. The first-order valence-electron chi connectivity index (χ1n) is 5.65. The number of hydrogen-bond donors (Lipinski definition) is 1. The van der Waals surface area contributed by atoms with Gasteiger partial charge in [-0.3, -0.25) is 0 Å². The lowest BCUT2D eigenvalue weighted by Crippen LogP contribution is -2.14. The standard InChI is InChI=1S/C13H17N3O/c1-10(9-14)11-7-8-15-16(11)12-5-3-4-6-13(12)17-2/h3-8,10H,9,14H2,1-2H3. The summed E-state index contributed by atoms with van der Waals surface area (Å²) in [6, 6.07) is 9.81. The zero-order valence-electron chi connectivity index (χ0n) is 10.1. The van der Waals surface area contributed by atoms with Gasteiger partial charge in [-0.25, -0.2) is 4.68 Å². The van der Waals surface area contributed by atoms with Gasteiger partial charge in [0.15, 0.2) is 0 Å². The lowest BCUT2D eigenvalue weighted by molar-refractivity contribution is 0.411. The Morgan fingerprint density at radius 1 is 1.35 bits per heavy atom. The molecule has 1 atom stereocenters. The van der Waals surface area contributed by atoms with E-state index in [2.05, 4.69) is 12.0 Å². The number of methoxy groups -OCH3 is 1. The number of rotatable bonds is 4. The van der Waals surface area contributed by atoms with E-state index in [-0.39, 0.29) is 5.92 Å². The summed E-state index contributed by atoms with van der Waals surface area (Å²) >= 11 is 0. The number of aromatic nitrogens is 2. The van der Waals surface area contributed by atoms with E-state index in [9.17, 15) is 0 Å². The smallest absolute Gasteiger partial charge is 0.144 e. The molecule has 90 valence electrons. The van der Waals surface area contributed by atoms with Crippen molar-refractivity contribution in [3.05, 3.63) is 42.2 Å². The van der Waals surface area contributed by atoms with Gasteiger partial charge in [0.2, 0.25) is 0 Å². The highest BCUT2D eigenvalue weighted by molar-refractivity contribution is 5.47. The second kappa shape index (κ2) is 5.01. The van der Waals surface area contributed by atoms with Crippen LogP contribution in [0.25, 0.3) is 5.69 Å². The first-order valence-corrected chi connectivity index (χ1v) is 5.65. The Morgan fingerprint density at radius 2 is 2.12 bits per heavy atom. The van der Waals surface area contributed by atoms with Crippen LogP contribution in [0.4, 0.5) is 0 Å². The van der Waals surface area contributed by atoms with Crippen molar-refractivity contribution in [2.24, 2.45) is 5.73 Å². The summed E-state index contributed by atoms with van der Waals surface area (Å²) in [4.78, 5) is 0. The molecule has 0 bridgehead atoms. The number of para-hydroxylation sites is 2. The molecule has 1 unspecified atom stereocenters. The largest absolute Gasteiger partial charge is 0.494 e. The van der Waals surface area contributed by atoms with E-state index in [4.69, 9.17) is 10.5 Å². The first kappa shape index (κ1) is 11.7. The molecule has 2 rings (SSSR count). The molecule has 0 fully saturated rings. The number of hydrogen-bond acceptors (Lipinski definition) is 3. The van der Waals surface area contributed by atoms with Gasteiger partial charge in [-0.2, -0.15) is 5.10 Å². The predicted molar refractivity (Wildman–Crippen MR) is 67.6 cm³/mol. The minimum Gasteiger partial charge on any atom is -0.494 e. The fourth-order valence-electron chi connectivity index (χ4n) is 1.81. The van der Waals surface area contributed by atoms with Crippen molar-refractivity contribution in [3.8, 4) is 11.4 Å². The first-order chi connectivity index (χ1) is 8.27. The average Bonchev–Trinajstić information content (AvgIpc) is 2.86. The minimum absolute atomic E-state index is 0.266. The van der Waals surface area contributed by atoms with Gasteiger partial charge in [0.25, 0.3) is 0 Å². The van der Waals surface area contributed by atoms with Crippen molar-refractivity contribution < 1.29 is 4.74 Å². The zero-order chi connectivity index (χ0) is 12.3. The topological polar surface area (TPSA) is 53.1 Å². The quantitative estimate of drug-likeness (QED) is 0.875. The van der Waals surface area contributed by atoms with Crippen LogP contribution in [0.15, 0.2) is 36.5 Å². The SMILES string of the molecule is COc1ccccc1-n1nccc1C(C)CN. The zero-order valence-corrected chi connectivity index (χ0v) is 10.1. The summed E-state index contributed by atoms with van der Waals surface area (Å²) in [7, 11) is 1.66. The molecule has 0 spiro atoms. The lowest BCUT2D eigenvalue weighted by atomic mass is 10.1. The summed E-state index contributed by atoms with van der Waals surface area (Å²) < 4.78 is 7.23. The maximum absolute atomic E-state index is 5.71. The van der Waals surface area contributed by atoms with Crippen molar-refractivity contribution in [2.45, 2.75) is 12.8 Å². The Morgan fingerprint density at radius 3 is 2.82 bits per heavy atom. The van der Waals surface area contributed by atoms with E-state index in [0.717, 1.165) is 17.1 Å². The minimum atomic E-state index is 0.266. The third-order valence-electron chi connectivity index (χ3n) is 2.84. The molecule has 1 aromatic heterocycles. The highest BCUT2D eigenvalue weighted by atomic mass is 16.5. The fourth-order valence-corrected chi connectivity index (χ4v) is 1.81. The van der Waals surface area contributed by atoms with Crippen molar-refractivity contribution in [2.75, 3.05) is 13.7 Å². The van der Waals surface area contributed by atoms with Crippen LogP contribution in [0.1, 0.15) is 18.5 Å².